The van der Waals surface area contributed by atoms with E-state index in [2.05, 4.69) is 15.6 Å². The second-order valence-electron chi connectivity index (χ2n) is 5.77. The van der Waals surface area contributed by atoms with E-state index in [0.717, 1.165) is 22.3 Å². The number of para-hydroxylation sites is 2. The van der Waals surface area contributed by atoms with Crippen molar-refractivity contribution in [3.8, 4) is 0 Å². The van der Waals surface area contributed by atoms with E-state index in [9.17, 15) is 9.59 Å². The standard InChI is InChI=1S/C19H20N4O2/c1-20-19(25)12-14-6-8-15(9-7-14)22-18(24)10-11-23-13-21-16-4-2-3-5-17(16)23/h2-9,13H,10-12H2,1H3,(H,20,25)(H,22,24). The molecule has 25 heavy (non-hydrogen) atoms. The Morgan fingerprint density at radius 3 is 2.56 bits per heavy atom. The number of anilines is 1. The van der Waals surface area contributed by atoms with E-state index in [1.54, 1.807) is 13.4 Å². The number of nitrogens with one attached hydrogen (secondary N) is 2. The second kappa shape index (κ2) is 7.61. The lowest BCUT2D eigenvalue weighted by molar-refractivity contribution is -0.120. The summed E-state index contributed by atoms with van der Waals surface area (Å²) in [6.07, 6.45) is 2.45. The van der Waals surface area contributed by atoms with Crippen LogP contribution in [0.5, 0.6) is 0 Å². The Balaban J connectivity index is 1.55. The molecule has 3 rings (SSSR count). The molecule has 0 radical (unpaired) electrons. The molecule has 1 aromatic heterocycles. The maximum absolute atomic E-state index is 12.1. The number of rotatable bonds is 6. The highest BCUT2D eigenvalue weighted by Gasteiger charge is 2.06. The van der Waals surface area contributed by atoms with Crippen LogP contribution in [0, 0.1) is 0 Å². The molecule has 2 N–H and O–H groups in total. The summed E-state index contributed by atoms with van der Waals surface area (Å²) in [5, 5.41) is 5.46. The van der Waals surface area contributed by atoms with Crippen molar-refractivity contribution in [2.24, 2.45) is 0 Å². The Hall–Kier alpha value is -3.15. The van der Waals surface area contributed by atoms with Crippen molar-refractivity contribution < 1.29 is 9.59 Å². The summed E-state index contributed by atoms with van der Waals surface area (Å²) in [5.74, 6) is -0.0961. The number of fused-ring (bicyclic) bond motifs is 1. The fourth-order valence-corrected chi connectivity index (χ4v) is 2.61. The fourth-order valence-electron chi connectivity index (χ4n) is 2.61. The number of benzene rings is 2. The number of amides is 2. The van der Waals surface area contributed by atoms with Crippen molar-refractivity contribution in [1.29, 1.82) is 0 Å². The number of aryl methyl sites for hydroxylation is 1. The first-order valence-corrected chi connectivity index (χ1v) is 8.15. The highest BCUT2D eigenvalue weighted by molar-refractivity contribution is 5.90. The van der Waals surface area contributed by atoms with Crippen LogP contribution in [-0.4, -0.2) is 28.4 Å². The lowest BCUT2D eigenvalue weighted by Gasteiger charge is -2.07. The van der Waals surface area contributed by atoms with Gasteiger partial charge in [-0.05, 0) is 29.8 Å². The SMILES string of the molecule is CNC(=O)Cc1ccc(NC(=O)CCn2cnc3ccccc32)cc1. The minimum absolute atomic E-state index is 0.0376. The fraction of sp³-hybridized carbons (Fsp3) is 0.211. The van der Waals surface area contributed by atoms with E-state index in [4.69, 9.17) is 0 Å². The van der Waals surface area contributed by atoms with E-state index in [1.807, 2.05) is 53.1 Å². The number of carbonyl (C=O) groups excluding carboxylic acids is 2. The third kappa shape index (κ3) is 4.23. The van der Waals surface area contributed by atoms with Crippen molar-refractivity contribution in [3.63, 3.8) is 0 Å². The lowest BCUT2D eigenvalue weighted by Crippen LogP contribution is -2.19. The van der Waals surface area contributed by atoms with Crippen LogP contribution in [0.2, 0.25) is 0 Å². The topological polar surface area (TPSA) is 76.0 Å². The number of hydrogen-bond donors (Lipinski definition) is 2. The summed E-state index contributed by atoms with van der Waals surface area (Å²) in [4.78, 5) is 27.8. The first-order valence-electron chi connectivity index (χ1n) is 8.15. The first kappa shape index (κ1) is 16.7. The largest absolute Gasteiger partial charge is 0.359 e. The number of aromatic nitrogens is 2. The van der Waals surface area contributed by atoms with E-state index in [0.29, 0.717) is 19.4 Å². The van der Waals surface area contributed by atoms with Gasteiger partial charge in [0.25, 0.3) is 0 Å². The first-order chi connectivity index (χ1) is 12.2. The summed E-state index contributed by atoms with van der Waals surface area (Å²) < 4.78 is 1.97. The van der Waals surface area contributed by atoms with Crippen LogP contribution in [0.3, 0.4) is 0 Å². The molecular formula is C19H20N4O2. The zero-order chi connectivity index (χ0) is 17.6. The van der Waals surface area contributed by atoms with Gasteiger partial charge in [-0.3, -0.25) is 9.59 Å². The predicted molar refractivity (Wildman–Crippen MR) is 97.2 cm³/mol. The second-order valence-corrected chi connectivity index (χ2v) is 5.77. The highest BCUT2D eigenvalue weighted by atomic mass is 16.2. The Morgan fingerprint density at radius 2 is 1.80 bits per heavy atom. The van der Waals surface area contributed by atoms with Gasteiger partial charge in [0.2, 0.25) is 11.8 Å². The summed E-state index contributed by atoms with van der Waals surface area (Å²) in [6.45, 7) is 0.571. The van der Waals surface area contributed by atoms with Crippen LogP contribution >= 0.6 is 0 Å². The average Bonchev–Trinajstić information content (AvgIpc) is 3.05. The minimum atomic E-state index is -0.0585. The molecular weight excluding hydrogens is 316 g/mol. The highest BCUT2D eigenvalue weighted by Crippen LogP contribution is 2.13. The maximum Gasteiger partial charge on any atom is 0.226 e. The van der Waals surface area contributed by atoms with Gasteiger partial charge in [0.1, 0.15) is 0 Å². The normalized spacial score (nSPS) is 10.6. The summed E-state index contributed by atoms with van der Waals surface area (Å²) in [5.41, 5.74) is 3.58. The van der Waals surface area contributed by atoms with Crippen molar-refractivity contribution in [2.45, 2.75) is 19.4 Å². The predicted octanol–water partition coefficient (Wildman–Crippen LogP) is 2.35. The number of nitrogens with zero attached hydrogens (tertiary/aromatic N) is 2. The molecule has 0 spiro atoms. The Bertz CT molecular complexity index is 884. The van der Waals surface area contributed by atoms with E-state index < -0.39 is 0 Å². The van der Waals surface area contributed by atoms with Gasteiger partial charge in [-0.2, -0.15) is 0 Å². The Labute approximate surface area is 145 Å². The molecule has 3 aromatic rings. The molecule has 128 valence electrons. The van der Waals surface area contributed by atoms with Crippen LogP contribution in [0.1, 0.15) is 12.0 Å². The van der Waals surface area contributed by atoms with Gasteiger partial charge in [0, 0.05) is 25.7 Å². The monoisotopic (exact) mass is 336 g/mol. The lowest BCUT2D eigenvalue weighted by atomic mass is 10.1. The molecule has 0 aliphatic rings. The molecule has 0 aliphatic heterocycles. The molecule has 2 aromatic carbocycles. The van der Waals surface area contributed by atoms with E-state index in [1.165, 1.54) is 0 Å². The van der Waals surface area contributed by atoms with Gasteiger partial charge < -0.3 is 15.2 Å². The Morgan fingerprint density at radius 1 is 1.04 bits per heavy atom. The summed E-state index contributed by atoms with van der Waals surface area (Å²) in [6, 6.07) is 15.1. The molecule has 6 nitrogen and oxygen atoms in total. The van der Waals surface area contributed by atoms with Crippen LogP contribution < -0.4 is 10.6 Å². The zero-order valence-corrected chi connectivity index (χ0v) is 14.0. The van der Waals surface area contributed by atoms with E-state index >= 15 is 0 Å². The summed E-state index contributed by atoms with van der Waals surface area (Å²) in [7, 11) is 1.61. The maximum atomic E-state index is 12.1. The van der Waals surface area contributed by atoms with E-state index in [-0.39, 0.29) is 11.8 Å². The molecule has 0 aliphatic carbocycles. The third-order valence-electron chi connectivity index (χ3n) is 3.99. The van der Waals surface area contributed by atoms with Crippen LogP contribution in [0.15, 0.2) is 54.9 Å². The molecule has 6 heteroatoms. The molecule has 0 saturated heterocycles. The number of hydrogen-bond acceptors (Lipinski definition) is 3. The molecule has 0 saturated carbocycles. The van der Waals surface area contributed by atoms with Crippen molar-refractivity contribution in [1.82, 2.24) is 14.9 Å². The van der Waals surface area contributed by atoms with Gasteiger partial charge in [-0.1, -0.05) is 24.3 Å². The van der Waals surface area contributed by atoms with Crippen molar-refractivity contribution in [2.75, 3.05) is 12.4 Å². The molecule has 1 heterocycles. The number of imidazole rings is 1. The van der Waals surface area contributed by atoms with Crippen LogP contribution in [0.4, 0.5) is 5.69 Å². The molecule has 2 amide bonds. The number of likely N-dealkylation sites (N-methyl/N-ethyl adjacent to an activating group) is 1. The third-order valence-corrected chi connectivity index (χ3v) is 3.99. The number of carbonyl (C=O) groups is 2. The zero-order valence-electron chi connectivity index (χ0n) is 14.0. The molecule has 0 unspecified atom stereocenters. The smallest absolute Gasteiger partial charge is 0.226 e. The van der Waals surface area contributed by atoms with Crippen LogP contribution in [-0.2, 0) is 22.6 Å². The average molecular weight is 336 g/mol. The van der Waals surface area contributed by atoms with Crippen molar-refractivity contribution in [3.05, 3.63) is 60.4 Å². The van der Waals surface area contributed by atoms with Crippen LogP contribution in [0.25, 0.3) is 11.0 Å². The molecule has 0 bridgehead atoms. The Kier molecular flexibility index (Phi) is 5.09. The quantitative estimate of drug-likeness (QED) is 0.725. The van der Waals surface area contributed by atoms with Gasteiger partial charge in [0.05, 0.1) is 23.8 Å². The van der Waals surface area contributed by atoms with Gasteiger partial charge in [-0.15, -0.1) is 0 Å². The van der Waals surface area contributed by atoms with Gasteiger partial charge >= 0.3 is 0 Å². The summed E-state index contributed by atoms with van der Waals surface area (Å²) >= 11 is 0. The van der Waals surface area contributed by atoms with Gasteiger partial charge in [0.15, 0.2) is 0 Å². The minimum Gasteiger partial charge on any atom is -0.359 e. The van der Waals surface area contributed by atoms with Crippen molar-refractivity contribution >= 4 is 28.5 Å². The van der Waals surface area contributed by atoms with Gasteiger partial charge in [-0.25, -0.2) is 4.98 Å². The molecule has 0 atom stereocenters. The molecule has 0 fully saturated rings.